The van der Waals surface area contributed by atoms with Crippen LogP contribution in [-0.2, 0) is 17.9 Å². The summed E-state index contributed by atoms with van der Waals surface area (Å²) in [5.41, 5.74) is 2.03. The van der Waals surface area contributed by atoms with Crippen LogP contribution in [0.2, 0.25) is 0 Å². The molecule has 2 aromatic rings. The summed E-state index contributed by atoms with van der Waals surface area (Å²) >= 11 is 3.51. The molecule has 3 nitrogen and oxygen atoms in total. The minimum absolute atomic E-state index is 0. The van der Waals surface area contributed by atoms with Crippen molar-refractivity contribution in [3.05, 3.63) is 63.9 Å². The van der Waals surface area contributed by atoms with Gasteiger partial charge in [0, 0.05) is 29.8 Å². The molecular formula is C21H28BrClFNO2. The molecule has 0 unspecified atom stereocenters. The highest BCUT2D eigenvalue weighted by atomic mass is 79.9. The second kappa shape index (κ2) is 13.9. The van der Waals surface area contributed by atoms with Crippen LogP contribution in [0, 0.1) is 5.82 Å². The van der Waals surface area contributed by atoms with Gasteiger partial charge in [-0.25, -0.2) is 4.39 Å². The Labute approximate surface area is 176 Å². The number of halogens is 3. The molecule has 0 heterocycles. The summed E-state index contributed by atoms with van der Waals surface area (Å²) in [5, 5.41) is 3.44. The van der Waals surface area contributed by atoms with Crippen LogP contribution in [0.4, 0.5) is 4.39 Å². The number of ether oxygens (including phenoxy) is 2. The van der Waals surface area contributed by atoms with Crippen molar-refractivity contribution in [3.8, 4) is 5.75 Å². The molecule has 0 saturated carbocycles. The second-order valence-corrected chi connectivity index (χ2v) is 7.08. The number of hydrogen-bond acceptors (Lipinski definition) is 3. The zero-order valence-corrected chi connectivity index (χ0v) is 18.1. The third-order valence-electron chi connectivity index (χ3n) is 3.93. The van der Waals surface area contributed by atoms with Crippen LogP contribution < -0.4 is 10.1 Å². The molecular weight excluding hydrogens is 433 g/mol. The smallest absolute Gasteiger partial charge is 0.124 e. The van der Waals surface area contributed by atoms with Crippen molar-refractivity contribution in [1.29, 1.82) is 0 Å². The minimum atomic E-state index is -0.235. The van der Waals surface area contributed by atoms with E-state index >= 15 is 0 Å². The van der Waals surface area contributed by atoms with E-state index in [9.17, 15) is 4.39 Å². The highest BCUT2D eigenvalue weighted by Gasteiger charge is 2.05. The number of unbranched alkanes of at least 4 members (excludes halogenated alkanes) is 1. The van der Waals surface area contributed by atoms with Gasteiger partial charge in [0.15, 0.2) is 0 Å². The summed E-state index contributed by atoms with van der Waals surface area (Å²) in [6.45, 7) is 5.85. The van der Waals surface area contributed by atoms with Gasteiger partial charge < -0.3 is 14.8 Å². The molecule has 1 N–H and O–H groups in total. The molecule has 6 heteroatoms. The first-order chi connectivity index (χ1) is 12.7. The molecule has 2 rings (SSSR count). The monoisotopic (exact) mass is 459 g/mol. The highest BCUT2D eigenvalue weighted by Crippen LogP contribution is 2.24. The van der Waals surface area contributed by atoms with Gasteiger partial charge in [-0.05, 0) is 55.3 Å². The van der Waals surface area contributed by atoms with E-state index in [0.29, 0.717) is 6.61 Å². The summed E-state index contributed by atoms with van der Waals surface area (Å²) in [6, 6.07) is 12.4. The van der Waals surface area contributed by atoms with E-state index in [0.717, 1.165) is 60.5 Å². The maximum atomic E-state index is 13.0. The fourth-order valence-corrected chi connectivity index (χ4v) is 2.85. The Bertz CT molecular complexity index is 655. The first-order valence-corrected chi connectivity index (χ1v) is 9.92. The lowest BCUT2D eigenvalue weighted by atomic mass is 10.2. The maximum Gasteiger partial charge on any atom is 0.124 e. The first kappa shape index (κ1) is 23.9. The van der Waals surface area contributed by atoms with Gasteiger partial charge in [0.1, 0.15) is 18.2 Å². The van der Waals surface area contributed by atoms with E-state index in [1.807, 2.05) is 12.1 Å². The summed E-state index contributed by atoms with van der Waals surface area (Å²) in [5.74, 6) is 0.602. The number of rotatable bonds is 12. The normalized spacial score (nSPS) is 10.5. The van der Waals surface area contributed by atoms with Crippen molar-refractivity contribution in [3.63, 3.8) is 0 Å². The zero-order chi connectivity index (χ0) is 18.6. The molecule has 150 valence electrons. The van der Waals surface area contributed by atoms with Crippen molar-refractivity contribution in [2.75, 3.05) is 19.8 Å². The van der Waals surface area contributed by atoms with E-state index < -0.39 is 0 Å². The highest BCUT2D eigenvalue weighted by molar-refractivity contribution is 9.10. The molecule has 0 bridgehead atoms. The van der Waals surface area contributed by atoms with E-state index in [1.165, 1.54) is 18.6 Å². The van der Waals surface area contributed by atoms with Crippen molar-refractivity contribution < 1.29 is 13.9 Å². The van der Waals surface area contributed by atoms with Gasteiger partial charge >= 0.3 is 0 Å². The number of nitrogens with one attached hydrogen (secondary N) is 1. The molecule has 0 spiro atoms. The third-order valence-corrected chi connectivity index (χ3v) is 4.42. The molecule has 0 aliphatic carbocycles. The molecule has 0 saturated heterocycles. The average molecular weight is 461 g/mol. The van der Waals surface area contributed by atoms with Gasteiger partial charge in [-0.15, -0.1) is 12.4 Å². The van der Waals surface area contributed by atoms with Crippen LogP contribution in [-0.4, -0.2) is 19.8 Å². The number of hydrogen-bond donors (Lipinski definition) is 1. The fraction of sp³-hybridized carbons (Fsp3) is 0.429. The quantitative estimate of drug-likeness (QED) is 0.401. The van der Waals surface area contributed by atoms with Crippen molar-refractivity contribution in [1.82, 2.24) is 5.32 Å². The predicted octanol–water partition coefficient (Wildman–Crippen LogP) is 5.89. The molecule has 0 aliphatic rings. The molecule has 0 atom stereocenters. The molecule has 27 heavy (non-hydrogen) atoms. The standard InChI is InChI=1S/C21H27BrFNO2.ClH/c1-2-3-12-25-13-4-11-24-15-18-14-19(22)7-10-21(18)26-16-17-5-8-20(23)9-6-17;/h5-10,14,24H,2-4,11-13,15-16H2,1H3;1H. The topological polar surface area (TPSA) is 30.5 Å². The van der Waals surface area contributed by atoms with Crippen molar-refractivity contribution in [2.24, 2.45) is 0 Å². The van der Waals surface area contributed by atoms with E-state index in [4.69, 9.17) is 9.47 Å². The summed E-state index contributed by atoms with van der Waals surface area (Å²) in [4.78, 5) is 0. The lowest BCUT2D eigenvalue weighted by Crippen LogP contribution is -2.17. The van der Waals surface area contributed by atoms with Gasteiger partial charge in [0.25, 0.3) is 0 Å². The molecule has 0 radical (unpaired) electrons. The second-order valence-electron chi connectivity index (χ2n) is 6.16. The fourth-order valence-electron chi connectivity index (χ4n) is 2.44. The van der Waals surface area contributed by atoms with Gasteiger partial charge in [-0.2, -0.15) is 0 Å². The lowest BCUT2D eigenvalue weighted by Gasteiger charge is -2.13. The van der Waals surface area contributed by atoms with Crippen LogP contribution in [0.5, 0.6) is 5.75 Å². The minimum Gasteiger partial charge on any atom is -0.489 e. The van der Waals surface area contributed by atoms with E-state index in [2.05, 4.69) is 34.2 Å². The summed E-state index contributed by atoms with van der Waals surface area (Å²) < 4.78 is 25.5. The zero-order valence-electron chi connectivity index (χ0n) is 15.7. The van der Waals surface area contributed by atoms with Crippen LogP contribution in [0.3, 0.4) is 0 Å². The van der Waals surface area contributed by atoms with E-state index in [1.54, 1.807) is 12.1 Å². The Balaban J connectivity index is 0.00000364. The summed E-state index contributed by atoms with van der Waals surface area (Å²) in [6.07, 6.45) is 3.28. The van der Waals surface area contributed by atoms with Gasteiger partial charge in [-0.1, -0.05) is 41.4 Å². The van der Waals surface area contributed by atoms with Gasteiger partial charge in [0.2, 0.25) is 0 Å². The predicted molar refractivity (Wildman–Crippen MR) is 114 cm³/mol. The SMILES string of the molecule is CCCCOCCCNCc1cc(Br)ccc1OCc1ccc(F)cc1.Cl. The van der Waals surface area contributed by atoms with Crippen molar-refractivity contribution >= 4 is 28.3 Å². The molecule has 0 aromatic heterocycles. The van der Waals surface area contributed by atoms with Gasteiger partial charge in [-0.3, -0.25) is 0 Å². The Hall–Kier alpha value is -1.14. The Morgan fingerprint density at radius 3 is 2.52 bits per heavy atom. The Morgan fingerprint density at radius 2 is 1.78 bits per heavy atom. The summed E-state index contributed by atoms with van der Waals surface area (Å²) in [7, 11) is 0. The third kappa shape index (κ3) is 9.56. The Kier molecular flexibility index (Phi) is 12.3. The largest absolute Gasteiger partial charge is 0.489 e. The van der Waals surface area contributed by atoms with Crippen LogP contribution in [0.15, 0.2) is 46.9 Å². The van der Waals surface area contributed by atoms with E-state index in [-0.39, 0.29) is 18.2 Å². The van der Waals surface area contributed by atoms with Crippen LogP contribution >= 0.6 is 28.3 Å². The maximum absolute atomic E-state index is 13.0. The molecule has 2 aromatic carbocycles. The van der Waals surface area contributed by atoms with Crippen molar-refractivity contribution in [2.45, 2.75) is 39.3 Å². The Morgan fingerprint density at radius 1 is 1.04 bits per heavy atom. The molecule has 0 fully saturated rings. The average Bonchev–Trinajstić information content (AvgIpc) is 2.64. The molecule has 0 amide bonds. The molecule has 0 aliphatic heterocycles. The van der Waals surface area contributed by atoms with Crippen LogP contribution in [0.1, 0.15) is 37.3 Å². The first-order valence-electron chi connectivity index (χ1n) is 9.13. The van der Waals surface area contributed by atoms with Crippen LogP contribution in [0.25, 0.3) is 0 Å². The number of benzene rings is 2. The lowest BCUT2D eigenvalue weighted by molar-refractivity contribution is 0.128. The van der Waals surface area contributed by atoms with Gasteiger partial charge in [0.05, 0.1) is 0 Å².